The highest BCUT2D eigenvalue weighted by molar-refractivity contribution is 9.09. The molecule has 0 spiro atoms. The first-order valence-electron chi connectivity index (χ1n) is 5.95. The number of fused-ring (bicyclic) bond motifs is 1. The first-order valence-corrected chi connectivity index (χ1v) is 7.07. The Labute approximate surface area is 94.7 Å². The van der Waals surface area contributed by atoms with Gasteiger partial charge in [-0.25, -0.2) is 0 Å². The zero-order chi connectivity index (χ0) is 9.60. The van der Waals surface area contributed by atoms with E-state index in [0.29, 0.717) is 5.41 Å². The van der Waals surface area contributed by atoms with Gasteiger partial charge < -0.3 is 4.74 Å². The van der Waals surface area contributed by atoms with Crippen molar-refractivity contribution in [2.24, 2.45) is 23.2 Å². The normalized spacial score (nSPS) is 45.2. The van der Waals surface area contributed by atoms with Gasteiger partial charge in [0.25, 0.3) is 0 Å². The fourth-order valence-electron chi connectivity index (χ4n) is 3.00. The molecule has 2 atom stereocenters. The minimum absolute atomic E-state index is 0.516. The van der Waals surface area contributed by atoms with Crippen molar-refractivity contribution in [2.75, 3.05) is 18.5 Å². The maximum Gasteiger partial charge on any atom is 0.0530 e. The van der Waals surface area contributed by atoms with Gasteiger partial charge in [0.05, 0.1) is 6.61 Å². The second-order valence-electron chi connectivity index (χ2n) is 5.76. The standard InChI is InChI=1S/C12H19BrO/c13-7-12(4-10-3-11(10)5-12)8-14-6-9-1-2-9/h9-11H,1-8H2. The molecule has 2 unspecified atom stereocenters. The summed E-state index contributed by atoms with van der Waals surface area (Å²) in [6.45, 7) is 2.05. The van der Waals surface area contributed by atoms with Crippen LogP contribution in [0.3, 0.4) is 0 Å². The first kappa shape index (κ1) is 9.65. The molecule has 3 aliphatic rings. The van der Waals surface area contributed by atoms with Gasteiger partial charge in [-0.05, 0) is 49.9 Å². The van der Waals surface area contributed by atoms with Crippen LogP contribution in [0.1, 0.15) is 32.1 Å². The zero-order valence-corrected chi connectivity index (χ0v) is 10.3. The summed E-state index contributed by atoms with van der Waals surface area (Å²) in [4.78, 5) is 0. The van der Waals surface area contributed by atoms with Crippen molar-refractivity contribution in [1.82, 2.24) is 0 Å². The summed E-state index contributed by atoms with van der Waals surface area (Å²) in [5.41, 5.74) is 0.516. The van der Waals surface area contributed by atoms with Gasteiger partial charge in [-0.15, -0.1) is 0 Å². The van der Waals surface area contributed by atoms with Crippen molar-refractivity contribution >= 4 is 15.9 Å². The van der Waals surface area contributed by atoms with Crippen LogP contribution < -0.4 is 0 Å². The second kappa shape index (κ2) is 3.48. The molecule has 0 radical (unpaired) electrons. The van der Waals surface area contributed by atoms with Gasteiger partial charge in [0.1, 0.15) is 0 Å². The predicted octanol–water partition coefficient (Wildman–Crippen LogP) is 3.22. The molecule has 80 valence electrons. The predicted molar refractivity (Wildman–Crippen MR) is 60.6 cm³/mol. The number of alkyl halides is 1. The molecule has 0 N–H and O–H groups in total. The van der Waals surface area contributed by atoms with E-state index in [9.17, 15) is 0 Å². The highest BCUT2D eigenvalue weighted by Crippen LogP contribution is 2.60. The van der Waals surface area contributed by atoms with Crippen LogP contribution in [0.5, 0.6) is 0 Å². The molecule has 3 aliphatic carbocycles. The van der Waals surface area contributed by atoms with Crippen LogP contribution in [-0.2, 0) is 4.74 Å². The lowest BCUT2D eigenvalue weighted by Crippen LogP contribution is -2.27. The second-order valence-corrected chi connectivity index (χ2v) is 6.32. The van der Waals surface area contributed by atoms with Gasteiger partial charge in [0.15, 0.2) is 0 Å². The molecule has 0 aromatic rings. The summed E-state index contributed by atoms with van der Waals surface area (Å²) in [6.07, 6.45) is 7.18. The monoisotopic (exact) mass is 258 g/mol. The largest absolute Gasteiger partial charge is 0.381 e. The molecule has 1 nitrogen and oxygen atoms in total. The van der Waals surface area contributed by atoms with E-state index < -0.39 is 0 Å². The Bertz CT molecular complexity index is 214. The summed E-state index contributed by atoms with van der Waals surface area (Å²) in [5, 5.41) is 1.15. The molecule has 3 saturated carbocycles. The van der Waals surface area contributed by atoms with Crippen LogP contribution in [0, 0.1) is 23.2 Å². The first-order chi connectivity index (χ1) is 6.81. The van der Waals surface area contributed by atoms with E-state index in [4.69, 9.17) is 4.74 Å². The Balaban J connectivity index is 1.47. The summed E-state index contributed by atoms with van der Waals surface area (Å²) in [7, 11) is 0. The number of hydrogen-bond donors (Lipinski definition) is 0. The molecule has 0 heterocycles. The summed E-state index contributed by atoms with van der Waals surface area (Å²) in [5.74, 6) is 3.05. The van der Waals surface area contributed by atoms with Crippen molar-refractivity contribution < 1.29 is 4.74 Å². The molecule has 2 heteroatoms. The number of rotatable bonds is 5. The van der Waals surface area contributed by atoms with E-state index >= 15 is 0 Å². The number of hydrogen-bond acceptors (Lipinski definition) is 1. The summed E-state index contributed by atoms with van der Waals surface area (Å²) in [6, 6.07) is 0. The third-order valence-corrected chi connectivity index (χ3v) is 5.39. The highest BCUT2D eigenvalue weighted by atomic mass is 79.9. The van der Waals surface area contributed by atoms with E-state index in [2.05, 4.69) is 15.9 Å². The number of halogens is 1. The summed E-state index contributed by atoms with van der Waals surface area (Å²) < 4.78 is 5.87. The van der Waals surface area contributed by atoms with Crippen molar-refractivity contribution in [3.8, 4) is 0 Å². The third-order valence-electron chi connectivity index (χ3n) is 4.20. The maximum absolute atomic E-state index is 5.87. The fraction of sp³-hybridized carbons (Fsp3) is 1.00. The van der Waals surface area contributed by atoms with Crippen LogP contribution >= 0.6 is 15.9 Å². The van der Waals surface area contributed by atoms with Crippen LogP contribution in [0.2, 0.25) is 0 Å². The number of ether oxygens (including phenoxy) is 1. The molecular weight excluding hydrogens is 240 g/mol. The van der Waals surface area contributed by atoms with Crippen LogP contribution in [0.4, 0.5) is 0 Å². The van der Waals surface area contributed by atoms with Crippen molar-refractivity contribution in [3.63, 3.8) is 0 Å². The molecule has 0 aromatic carbocycles. The molecule has 0 bridgehead atoms. The van der Waals surface area contributed by atoms with Crippen molar-refractivity contribution in [2.45, 2.75) is 32.1 Å². The van der Waals surface area contributed by atoms with Crippen LogP contribution in [0.25, 0.3) is 0 Å². The fourth-order valence-corrected chi connectivity index (χ4v) is 3.62. The van der Waals surface area contributed by atoms with E-state index in [1.165, 1.54) is 32.1 Å². The van der Waals surface area contributed by atoms with Gasteiger partial charge in [-0.2, -0.15) is 0 Å². The SMILES string of the molecule is BrCC1(COCC2CC2)CC2CC2C1. The molecule has 3 rings (SSSR count). The molecule has 0 aliphatic heterocycles. The Hall–Kier alpha value is 0.440. The Kier molecular flexibility index (Phi) is 2.40. The zero-order valence-electron chi connectivity index (χ0n) is 8.68. The average Bonchev–Trinajstić information content (AvgIpc) is 3.09. The lowest BCUT2D eigenvalue weighted by atomic mass is 9.86. The Morgan fingerprint density at radius 1 is 1.21 bits per heavy atom. The van der Waals surface area contributed by atoms with Crippen molar-refractivity contribution in [1.29, 1.82) is 0 Å². The van der Waals surface area contributed by atoms with E-state index in [-0.39, 0.29) is 0 Å². The van der Waals surface area contributed by atoms with Gasteiger partial charge in [0, 0.05) is 17.4 Å². The molecule has 14 heavy (non-hydrogen) atoms. The average molecular weight is 259 g/mol. The molecule has 0 amide bonds. The lowest BCUT2D eigenvalue weighted by molar-refractivity contribution is 0.0469. The minimum atomic E-state index is 0.516. The molecule has 0 aromatic heterocycles. The minimum Gasteiger partial charge on any atom is -0.381 e. The smallest absolute Gasteiger partial charge is 0.0530 e. The van der Waals surface area contributed by atoms with Gasteiger partial charge in [0.2, 0.25) is 0 Å². The quantitative estimate of drug-likeness (QED) is 0.689. The van der Waals surface area contributed by atoms with E-state index in [0.717, 1.165) is 36.3 Å². The maximum atomic E-state index is 5.87. The van der Waals surface area contributed by atoms with Crippen LogP contribution in [0.15, 0.2) is 0 Å². The Morgan fingerprint density at radius 3 is 2.50 bits per heavy atom. The summed E-state index contributed by atoms with van der Waals surface area (Å²) >= 11 is 3.68. The lowest BCUT2D eigenvalue weighted by Gasteiger charge is -2.28. The van der Waals surface area contributed by atoms with Gasteiger partial charge in [-0.1, -0.05) is 15.9 Å². The molecule has 0 saturated heterocycles. The van der Waals surface area contributed by atoms with Gasteiger partial charge >= 0.3 is 0 Å². The Morgan fingerprint density at radius 2 is 1.93 bits per heavy atom. The molecular formula is C12H19BrO. The van der Waals surface area contributed by atoms with Crippen molar-refractivity contribution in [3.05, 3.63) is 0 Å². The van der Waals surface area contributed by atoms with Gasteiger partial charge in [-0.3, -0.25) is 0 Å². The molecule has 3 fully saturated rings. The highest BCUT2D eigenvalue weighted by Gasteiger charge is 2.53. The van der Waals surface area contributed by atoms with E-state index in [1.807, 2.05) is 0 Å². The van der Waals surface area contributed by atoms with Crippen LogP contribution in [-0.4, -0.2) is 18.5 Å². The topological polar surface area (TPSA) is 9.23 Å². The third kappa shape index (κ3) is 1.88. The van der Waals surface area contributed by atoms with E-state index in [1.54, 1.807) is 0 Å².